The summed E-state index contributed by atoms with van der Waals surface area (Å²) >= 11 is 6.21. The van der Waals surface area contributed by atoms with Crippen LogP contribution in [0.15, 0.2) is 42.7 Å². The summed E-state index contributed by atoms with van der Waals surface area (Å²) in [4.78, 5) is 33.0. The van der Waals surface area contributed by atoms with E-state index in [9.17, 15) is 9.59 Å². The Morgan fingerprint density at radius 3 is 2.60 bits per heavy atom. The predicted octanol–water partition coefficient (Wildman–Crippen LogP) is 3.42. The van der Waals surface area contributed by atoms with Gasteiger partial charge in [0, 0.05) is 21.8 Å². The van der Waals surface area contributed by atoms with Crippen LogP contribution in [0, 0.1) is 6.92 Å². The molecule has 0 saturated carbocycles. The highest BCUT2D eigenvalue weighted by Crippen LogP contribution is 2.28. The van der Waals surface area contributed by atoms with Crippen molar-refractivity contribution in [2.75, 3.05) is 24.3 Å². The summed E-state index contributed by atoms with van der Waals surface area (Å²) in [6.07, 6.45) is 1.45. The van der Waals surface area contributed by atoms with E-state index in [-0.39, 0.29) is 6.61 Å². The van der Waals surface area contributed by atoms with E-state index >= 15 is 0 Å². The molecule has 2 aromatic carbocycles. The molecule has 8 nitrogen and oxygen atoms in total. The third-order valence-corrected chi connectivity index (χ3v) is 4.82. The maximum absolute atomic E-state index is 12.5. The first kappa shape index (κ1) is 21.5. The molecule has 1 amide bonds. The van der Waals surface area contributed by atoms with Crippen LogP contribution in [-0.2, 0) is 14.3 Å². The molecule has 1 atom stereocenters. The highest BCUT2D eigenvalue weighted by atomic mass is 35.5. The van der Waals surface area contributed by atoms with Gasteiger partial charge in [-0.2, -0.15) is 0 Å². The Hall–Kier alpha value is -3.23. The minimum atomic E-state index is -1.11. The predicted molar refractivity (Wildman–Crippen MR) is 117 cm³/mol. The fraction of sp³-hybridized carbons (Fsp3) is 0.238. The number of rotatable bonds is 7. The smallest absolute Gasteiger partial charge is 0.332 e. The van der Waals surface area contributed by atoms with Gasteiger partial charge in [0.2, 0.25) is 0 Å². The van der Waals surface area contributed by atoms with Crippen molar-refractivity contribution in [3.8, 4) is 0 Å². The maximum atomic E-state index is 12.5. The van der Waals surface area contributed by atoms with Gasteiger partial charge < -0.3 is 15.4 Å². The number of carbonyl (C=O) groups excluding carboxylic acids is 2. The lowest BCUT2D eigenvalue weighted by molar-refractivity contribution is -0.147. The zero-order valence-electron chi connectivity index (χ0n) is 16.8. The summed E-state index contributed by atoms with van der Waals surface area (Å²) in [7, 11) is 1.52. The second kappa shape index (κ2) is 9.51. The molecular weight excluding hydrogens is 406 g/mol. The Balaban J connectivity index is 1.87. The lowest BCUT2D eigenvalue weighted by Crippen LogP contribution is -2.45. The number of anilines is 3. The molecule has 1 heterocycles. The van der Waals surface area contributed by atoms with Crippen LogP contribution >= 0.6 is 11.6 Å². The van der Waals surface area contributed by atoms with Crippen LogP contribution in [0.4, 0.5) is 17.2 Å². The molecule has 3 N–H and O–H groups in total. The number of amides is 1. The SMILES string of the molecule is CCOC(=O)C(NC)C(=O)Nc1ccc2ncnc(Nc3ccc(C)c(Cl)c3)c2c1. The molecular formula is C21H22ClN5O3. The second-order valence-corrected chi connectivity index (χ2v) is 6.91. The Labute approximate surface area is 179 Å². The number of fused-ring (bicyclic) bond motifs is 1. The largest absolute Gasteiger partial charge is 0.464 e. The van der Waals surface area contributed by atoms with Crippen molar-refractivity contribution in [3.05, 3.63) is 53.3 Å². The van der Waals surface area contributed by atoms with Crippen LogP contribution in [0.3, 0.4) is 0 Å². The molecule has 3 aromatic rings. The molecule has 0 bridgehead atoms. The highest BCUT2D eigenvalue weighted by Gasteiger charge is 2.26. The number of ether oxygens (including phenoxy) is 1. The average molecular weight is 428 g/mol. The van der Waals surface area contributed by atoms with E-state index in [1.165, 1.54) is 13.4 Å². The number of carbonyl (C=O) groups is 2. The molecule has 0 aliphatic heterocycles. The third kappa shape index (κ3) is 4.84. The van der Waals surface area contributed by atoms with Crippen LogP contribution in [0.2, 0.25) is 5.02 Å². The number of benzene rings is 2. The van der Waals surface area contributed by atoms with E-state index in [1.807, 2.05) is 25.1 Å². The van der Waals surface area contributed by atoms with Crippen molar-refractivity contribution in [1.29, 1.82) is 0 Å². The molecule has 3 rings (SSSR count). The molecule has 0 radical (unpaired) electrons. The Morgan fingerprint density at radius 2 is 1.90 bits per heavy atom. The molecule has 0 aliphatic carbocycles. The van der Waals surface area contributed by atoms with Gasteiger partial charge in [-0.05, 0) is 56.8 Å². The quantitative estimate of drug-likeness (QED) is 0.392. The van der Waals surface area contributed by atoms with Crippen molar-refractivity contribution in [2.45, 2.75) is 19.9 Å². The van der Waals surface area contributed by atoms with Crippen molar-refractivity contribution >= 4 is 51.6 Å². The normalized spacial score (nSPS) is 11.7. The summed E-state index contributed by atoms with van der Waals surface area (Å²) in [6, 6.07) is 9.72. The van der Waals surface area contributed by atoms with Crippen molar-refractivity contribution < 1.29 is 14.3 Å². The molecule has 30 heavy (non-hydrogen) atoms. The van der Waals surface area contributed by atoms with E-state index in [0.29, 0.717) is 27.4 Å². The monoisotopic (exact) mass is 427 g/mol. The number of hydrogen-bond acceptors (Lipinski definition) is 7. The van der Waals surface area contributed by atoms with E-state index < -0.39 is 17.9 Å². The van der Waals surface area contributed by atoms with E-state index in [4.69, 9.17) is 16.3 Å². The zero-order chi connectivity index (χ0) is 21.7. The number of halogens is 1. The molecule has 1 unspecified atom stereocenters. The van der Waals surface area contributed by atoms with E-state index in [0.717, 1.165) is 11.3 Å². The van der Waals surface area contributed by atoms with Crippen molar-refractivity contribution in [2.24, 2.45) is 0 Å². The minimum absolute atomic E-state index is 0.190. The van der Waals surface area contributed by atoms with Crippen molar-refractivity contribution in [3.63, 3.8) is 0 Å². The number of nitrogens with zero attached hydrogens (tertiary/aromatic N) is 2. The molecule has 9 heteroatoms. The van der Waals surface area contributed by atoms with Gasteiger partial charge in [0.15, 0.2) is 6.04 Å². The summed E-state index contributed by atoms with van der Waals surface area (Å²) < 4.78 is 4.92. The highest BCUT2D eigenvalue weighted by molar-refractivity contribution is 6.31. The van der Waals surface area contributed by atoms with Crippen LogP contribution < -0.4 is 16.0 Å². The topological polar surface area (TPSA) is 105 Å². The van der Waals surface area contributed by atoms with Gasteiger partial charge in [-0.1, -0.05) is 17.7 Å². The number of hydrogen-bond donors (Lipinski definition) is 3. The molecule has 0 saturated heterocycles. The molecule has 0 fully saturated rings. The van der Waals surface area contributed by atoms with E-state index in [2.05, 4.69) is 25.9 Å². The van der Waals surface area contributed by atoms with Crippen LogP contribution in [0.1, 0.15) is 12.5 Å². The summed E-state index contributed by atoms with van der Waals surface area (Å²) in [5, 5.41) is 9.96. The lowest BCUT2D eigenvalue weighted by atomic mass is 10.2. The Morgan fingerprint density at radius 1 is 1.13 bits per heavy atom. The maximum Gasteiger partial charge on any atom is 0.332 e. The number of aromatic nitrogens is 2. The fourth-order valence-electron chi connectivity index (χ4n) is 2.84. The number of nitrogens with one attached hydrogen (secondary N) is 3. The van der Waals surface area contributed by atoms with Gasteiger partial charge in [-0.3, -0.25) is 10.1 Å². The van der Waals surface area contributed by atoms with Gasteiger partial charge in [0.1, 0.15) is 12.1 Å². The average Bonchev–Trinajstić information content (AvgIpc) is 2.72. The van der Waals surface area contributed by atoms with Crippen LogP contribution in [-0.4, -0.2) is 41.5 Å². The minimum Gasteiger partial charge on any atom is -0.464 e. The number of likely N-dealkylation sites (N-methyl/N-ethyl adjacent to an activating group) is 1. The number of aryl methyl sites for hydroxylation is 1. The number of esters is 1. The standard InChI is InChI=1S/C21H22ClN5O3/c1-4-30-21(29)18(23-3)20(28)27-13-7-8-17-15(9-13)19(25-11-24-17)26-14-6-5-12(2)16(22)10-14/h5-11,18,23H,4H2,1-3H3,(H,27,28)(H,24,25,26). The molecule has 156 valence electrons. The first-order valence-electron chi connectivity index (χ1n) is 9.35. The van der Waals surface area contributed by atoms with Gasteiger partial charge >= 0.3 is 5.97 Å². The second-order valence-electron chi connectivity index (χ2n) is 6.51. The Bertz CT molecular complexity index is 1090. The summed E-state index contributed by atoms with van der Waals surface area (Å²) in [6.45, 7) is 3.80. The van der Waals surface area contributed by atoms with Crippen LogP contribution in [0.25, 0.3) is 10.9 Å². The summed E-state index contributed by atoms with van der Waals surface area (Å²) in [5.41, 5.74) is 2.94. The first-order valence-corrected chi connectivity index (χ1v) is 9.73. The lowest BCUT2D eigenvalue weighted by Gasteiger charge is -2.15. The first-order chi connectivity index (χ1) is 14.4. The molecule has 0 aliphatic rings. The third-order valence-electron chi connectivity index (χ3n) is 4.41. The van der Waals surface area contributed by atoms with Gasteiger partial charge in [-0.25, -0.2) is 14.8 Å². The molecule has 0 spiro atoms. The van der Waals surface area contributed by atoms with Gasteiger partial charge in [-0.15, -0.1) is 0 Å². The fourth-order valence-corrected chi connectivity index (χ4v) is 3.02. The summed E-state index contributed by atoms with van der Waals surface area (Å²) in [5.74, 6) is -0.598. The Kier molecular flexibility index (Phi) is 6.81. The van der Waals surface area contributed by atoms with Gasteiger partial charge in [0.25, 0.3) is 5.91 Å². The van der Waals surface area contributed by atoms with Crippen LogP contribution in [0.5, 0.6) is 0 Å². The van der Waals surface area contributed by atoms with E-state index in [1.54, 1.807) is 25.1 Å². The van der Waals surface area contributed by atoms with Gasteiger partial charge in [0.05, 0.1) is 12.1 Å². The molecule has 1 aromatic heterocycles. The van der Waals surface area contributed by atoms with Crippen molar-refractivity contribution in [1.82, 2.24) is 15.3 Å². The zero-order valence-corrected chi connectivity index (χ0v) is 17.6.